The first-order valence-corrected chi connectivity index (χ1v) is 2.91. The number of isocyanates is 1. The molecule has 0 spiro atoms. The van der Waals surface area contributed by atoms with Gasteiger partial charge in [0.1, 0.15) is 0 Å². The summed E-state index contributed by atoms with van der Waals surface area (Å²) in [4.78, 5) is 12.7. The van der Waals surface area contributed by atoms with Crippen LogP contribution in [0.3, 0.4) is 0 Å². The van der Waals surface area contributed by atoms with Crippen LogP contribution in [-0.4, -0.2) is 11.2 Å². The maximum atomic E-state index is 12.4. The van der Waals surface area contributed by atoms with Crippen LogP contribution in [0.15, 0.2) is 17.1 Å². The minimum Gasteiger partial charge on any atom is -0.505 e. The zero-order valence-electron chi connectivity index (χ0n) is 5.71. The Labute approximate surface area is 66.0 Å². The molecule has 0 fully saturated rings. The Morgan fingerprint density at radius 2 is 2.08 bits per heavy atom. The molecular weight excluding hydrogens is 168 g/mol. The second kappa shape index (κ2) is 3.11. The fourth-order valence-electron chi connectivity index (χ4n) is 0.678. The van der Waals surface area contributed by atoms with Crippen molar-refractivity contribution in [3.8, 4) is 5.75 Å². The first kappa shape index (κ1) is 8.36. The summed E-state index contributed by atoms with van der Waals surface area (Å²) in [6.07, 6.45) is 1.13. The molecule has 0 aliphatic rings. The number of carbonyl (C=O) groups excluding carboxylic acids is 1. The molecule has 0 unspecified atom stereocenters. The molecule has 62 valence electrons. The van der Waals surface area contributed by atoms with E-state index in [1.165, 1.54) is 0 Å². The number of halogens is 2. The molecule has 0 radical (unpaired) electrons. The lowest BCUT2D eigenvalue weighted by atomic mass is 10.3. The van der Waals surface area contributed by atoms with Gasteiger partial charge in [-0.2, -0.15) is 9.38 Å². The number of hydrogen-bond acceptors (Lipinski definition) is 3. The molecule has 0 aliphatic heterocycles. The van der Waals surface area contributed by atoms with Gasteiger partial charge in [-0.25, -0.2) is 9.18 Å². The van der Waals surface area contributed by atoms with Gasteiger partial charge < -0.3 is 5.11 Å². The van der Waals surface area contributed by atoms with E-state index in [-0.39, 0.29) is 5.69 Å². The van der Waals surface area contributed by atoms with Gasteiger partial charge in [0, 0.05) is 12.1 Å². The van der Waals surface area contributed by atoms with E-state index in [1.54, 1.807) is 0 Å². The van der Waals surface area contributed by atoms with Gasteiger partial charge in [0.25, 0.3) is 0 Å². The van der Waals surface area contributed by atoms with Crippen molar-refractivity contribution in [3.63, 3.8) is 0 Å². The van der Waals surface area contributed by atoms with Crippen molar-refractivity contribution < 1.29 is 18.7 Å². The van der Waals surface area contributed by atoms with Gasteiger partial charge in [-0.1, -0.05) is 0 Å². The number of phenolic OH excluding ortho intramolecular Hbond substituents is 1. The van der Waals surface area contributed by atoms with Gasteiger partial charge in [0.2, 0.25) is 6.08 Å². The summed E-state index contributed by atoms with van der Waals surface area (Å²) >= 11 is 0. The van der Waals surface area contributed by atoms with E-state index in [0.29, 0.717) is 6.07 Å². The van der Waals surface area contributed by atoms with Crippen molar-refractivity contribution >= 4 is 11.8 Å². The summed E-state index contributed by atoms with van der Waals surface area (Å²) < 4.78 is 24.8. The number of hydrogen-bond donors (Lipinski definition) is 1. The summed E-state index contributed by atoms with van der Waals surface area (Å²) in [6.45, 7) is 0. The number of aliphatic imine (C=N–C) groups is 1. The largest absolute Gasteiger partial charge is 0.505 e. The van der Waals surface area contributed by atoms with Gasteiger partial charge in [-0.15, -0.1) is 0 Å². The van der Waals surface area contributed by atoms with E-state index in [4.69, 9.17) is 5.11 Å². The molecular formula is C7H3F2NO2. The standard InChI is InChI=1S/C7H3F2NO2/c8-5-1-4(10-3-11)2-6(12)7(5)9/h1-2,12H. The average Bonchev–Trinajstić information content (AvgIpc) is 2.01. The number of nitrogens with zero attached hydrogens (tertiary/aromatic N) is 1. The fraction of sp³-hybridized carbons (Fsp3) is 0. The zero-order chi connectivity index (χ0) is 9.14. The molecule has 12 heavy (non-hydrogen) atoms. The van der Waals surface area contributed by atoms with Crippen LogP contribution in [0.25, 0.3) is 0 Å². The van der Waals surface area contributed by atoms with E-state index in [1.807, 2.05) is 0 Å². The highest BCUT2D eigenvalue weighted by Crippen LogP contribution is 2.24. The quantitative estimate of drug-likeness (QED) is 0.515. The third-order valence-corrected chi connectivity index (χ3v) is 1.17. The number of rotatable bonds is 1. The molecule has 0 saturated heterocycles. The Balaban J connectivity index is 3.30. The van der Waals surface area contributed by atoms with Crippen LogP contribution >= 0.6 is 0 Å². The topological polar surface area (TPSA) is 49.7 Å². The van der Waals surface area contributed by atoms with Crippen LogP contribution in [0.1, 0.15) is 0 Å². The molecule has 0 aromatic heterocycles. The first-order valence-electron chi connectivity index (χ1n) is 2.91. The predicted molar refractivity (Wildman–Crippen MR) is 35.8 cm³/mol. The summed E-state index contributed by atoms with van der Waals surface area (Å²) in [5.41, 5.74) is -0.179. The Bertz CT molecular complexity index is 335. The van der Waals surface area contributed by atoms with Gasteiger partial charge in [0.05, 0.1) is 5.69 Å². The molecule has 0 saturated carbocycles. The molecule has 0 amide bonds. The number of phenols is 1. The zero-order valence-corrected chi connectivity index (χ0v) is 5.71. The third-order valence-electron chi connectivity index (χ3n) is 1.17. The van der Waals surface area contributed by atoms with Crippen LogP contribution in [0.2, 0.25) is 0 Å². The van der Waals surface area contributed by atoms with Crippen molar-refractivity contribution in [2.24, 2.45) is 4.99 Å². The molecule has 5 heteroatoms. The minimum absolute atomic E-state index is 0.179. The normalized spacial score (nSPS) is 9.17. The molecule has 1 aromatic carbocycles. The monoisotopic (exact) mass is 171 g/mol. The predicted octanol–water partition coefficient (Wildman–Crippen LogP) is 1.64. The first-order chi connectivity index (χ1) is 5.65. The summed E-state index contributed by atoms with van der Waals surface area (Å²) in [5.74, 6) is -3.51. The van der Waals surface area contributed by atoms with Crippen molar-refractivity contribution in [3.05, 3.63) is 23.8 Å². The highest BCUT2D eigenvalue weighted by atomic mass is 19.2. The van der Waals surface area contributed by atoms with E-state index in [0.717, 1.165) is 12.1 Å². The smallest absolute Gasteiger partial charge is 0.240 e. The van der Waals surface area contributed by atoms with Gasteiger partial charge >= 0.3 is 0 Å². The SMILES string of the molecule is O=C=Nc1cc(O)c(F)c(F)c1. The lowest BCUT2D eigenvalue weighted by molar-refractivity contribution is 0.407. The van der Waals surface area contributed by atoms with Crippen LogP contribution in [0, 0.1) is 11.6 Å². The Morgan fingerprint density at radius 3 is 2.58 bits per heavy atom. The van der Waals surface area contributed by atoms with Gasteiger partial charge in [-0.3, -0.25) is 0 Å². The molecule has 0 bridgehead atoms. The second-order valence-electron chi connectivity index (χ2n) is 1.96. The Hall–Kier alpha value is -1.74. The maximum Gasteiger partial charge on any atom is 0.240 e. The Kier molecular flexibility index (Phi) is 2.16. The molecule has 1 N–H and O–H groups in total. The van der Waals surface area contributed by atoms with E-state index in [2.05, 4.69) is 4.99 Å². The molecule has 1 aromatic rings. The van der Waals surface area contributed by atoms with E-state index >= 15 is 0 Å². The van der Waals surface area contributed by atoms with Crippen LogP contribution in [-0.2, 0) is 4.79 Å². The van der Waals surface area contributed by atoms with Crippen LogP contribution in [0.4, 0.5) is 14.5 Å². The summed E-state index contributed by atoms with van der Waals surface area (Å²) in [5, 5.41) is 8.70. The lowest BCUT2D eigenvalue weighted by Gasteiger charge is -1.96. The highest BCUT2D eigenvalue weighted by Gasteiger charge is 2.08. The average molecular weight is 171 g/mol. The van der Waals surface area contributed by atoms with Crippen molar-refractivity contribution in [2.45, 2.75) is 0 Å². The van der Waals surface area contributed by atoms with E-state index < -0.39 is 17.4 Å². The van der Waals surface area contributed by atoms with Crippen LogP contribution < -0.4 is 0 Å². The lowest BCUT2D eigenvalue weighted by Crippen LogP contribution is -1.83. The third kappa shape index (κ3) is 1.46. The summed E-state index contributed by atoms with van der Waals surface area (Å²) in [6, 6.07) is 1.50. The molecule has 0 atom stereocenters. The molecule has 0 aliphatic carbocycles. The van der Waals surface area contributed by atoms with E-state index in [9.17, 15) is 13.6 Å². The van der Waals surface area contributed by atoms with Crippen LogP contribution in [0.5, 0.6) is 5.75 Å². The summed E-state index contributed by atoms with van der Waals surface area (Å²) in [7, 11) is 0. The highest BCUT2D eigenvalue weighted by molar-refractivity contribution is 5.51. The maximum absolute atomic E-state index is 12.4. The molecule has 3 nitrogen and oxygen atoms in total. The van der Waals surface area contributed by atoms with Gasteiger partial charge in [-0.05, 0) is 0 Å². The number of benzene rings is 1. The minimum atomic E-state index is -1.36. The Morgan fingerprint density at radius 1 is 1.42 bits per heavy atom. The van der Waals surface area contributed by atoms with Crippen molar-refractivity contribution in [1.29, 1.82) is 0 Å². The number of aromatic hydroxyl groups is 1. The van der Waals surface area contributed by atoms with Crippen molar-refractivity contribution in [1.82, 2.24) is 0 Å². The second-order valence-corrected chi connectivity index (χ2v) is 1.96. The fourth-order valence-corrected chi connectivity index (χ4v) is 0.678. The van der Waals surface area contributed by atoms with Gasteiger partial charge in [0.15, 0.2) is 17.4 Å². The molecule has 1 rings (SSSR count). The van der Waals surface area contributed by atoms with Crippen molar-refractivity contribution in [2.75, 3.05) is 0 Å². The molecule has 0 heterocycles.